The molecule has 1 aliphatic rings. The van der Waals surface area contributed by atoms with E-state index in [2.05, 4.69) is 16.6 Å². The van der Waals surface area contributed by atoms with Crippen LogP contribution in [-0.2, 0) is 36.9 Å². The van der Waals surface area contributed by atoms with Crippen molar-refractivity contribution >= 4 is 0 Å². The van der Waals surface area contributed by atoms with Gasteiger partial charge < -0.3 is 28.8 Å². The van der Waals surface area contributed by atoms with Gasteiger partial charge in [0.1, 0.15) is 30.5 Å². The Morgan fingerprint density at radius 2 is 1.65 bits per heavy atom. The second-order valence-electron chi connectivity index (χ2n) is 7.82. The van der Waals surface area contributed by atoms with Gasteiger partial charge in [-0.25, -0.2) is 0 Å². The topological polar surface area (TPSA) is 115 Å². The van der Waals surface area contributed by atoms with E-state index in [0.29, 0.717) is 0 Å². The summed E-state index contributed by atoms with van der Waals surface area (Å²) in [5.74, 6) is 0. The minimum Gasteiger partial charge on any atom is -0.388 e. The van der Waals surface area contributed by atoms with E-state index >= 15 is 0 Å². The molecule has 1 N–H and O–H groups in total. The van der Waals surface area contributed by atoms with Crippen LogP contribution in [-0.4, -0.2) is 62.2 Å². The van der Waals surface area contributed by atoms with Gasteiger partial charge in [0.2, 0.25) is 0 Å². The average Bonchev–Trinajstić information content (AvgIpc) is 2.88. The van der Waals surface area contributed by atoms with Crippen LogP contribution in [0.4, 0.5) is 0 Å². The molecule has 182 valence electrons. The molecule has 0 spiro atoms. The fourth-order valence-corrected chi connectivity index (χ4v) is 3.82. The second-order valence-corrected chi connectivity index (χ2v) is 7.82. The monoisotopic (exact) mass is 469 g/mol. The average molecular weight is 470 g/mol. The summed E-state index contributed by atoms with van der Waals surface area (Å²) >= 11 is 0. The predicted molar refractivity (Wildman–Crippen MR) is 126 cm³/mol. The summed E-state index contributed by atoms with van der Waals surface area (Å²) in [6.45, 7) is 4.39. The molecule has 0 unspecified atom stereocenters. The third-order valence-corrected chi connectivity index (χ3v) is 5.45. The standard InChI is InChI=1S/C25H31N3O6/c1-3-14-31-17-20(29)22-24(33-16-19-12-8-5-9-13-19)23(21(27-28-26)25(30-2)34-22)32-15-18-10-6-4-7-11-18/h3-13,20-25,29H,1,14-17H2,2H3/t20-,21+,22+,23+,24+,25+/m0/s1. The summed E-state index contributed by atoms with van der Waals surface area (Å²) in [6, 6.07) is 18.4. The van der Waals surface area contributed by atoms with Crippen LogP contribution in [0.3, 0.4) is 0 Å². The number of aliphatic hydroxyl groups is 1. The Balaban J connectivity index is 1.88. The Bertz CT molecular complexity index is 909. The molecule has 9 heteroatoms. The molecule has 2 aromatic carbocycles. The number of nitrogens with zero attached hydrogens (tertiary/aromatic N) is 3. The second kappa shape index (κ2) is 13.8. The van der Waals surface area contributed by atoms with Gasteiger partial charge in [0.25, 0.3) is 0 Å². The van der Waals surface area contributed by atoms with E-state index in [4.69, 9.17) is 23.7 Å². The highest BCUT2D eigenvalue weighted by Gasteiger charge is 2.50. The van der Waals surface area contributed by atoms with Gasteiger partial charge in [-0.1, -0.05) is 71.9 Å². The number of benzene rings is 2. The highest BCUT2D eigenvalue weighted by Crippen LogP contribution is 2.32. The van der Waals surface area contributed by atoms with Crippen molar-refractivity contribution in [3.63, 3.8) is 0 Å². The van der Waals surface area contributed by atoms with E-state index < -0.39 is 36.7 Å². The van der Waals surface area contributed by atoms with Crippen molar-refractivity contribution in [3.05, 3.63) is 94.9 Å². The molecule has 1 aliphatic heterocycles. The van der Waals surface area contributed by atoms with Crippen LogP contribution in [0, 0.1) is 0 Å². The zero-order chi connectivity index (χ0) is 24.2. The van der Waals surface area contributed by atoms with Crippen LogP contribution in [0.15, 0.2) is 78.4 Å². The maximum absolute atomic E-state index is 10.9. The smallest absolute Gasteiger partial charge is 0.168 e. The SMILES string of the molecule is C=CCOC[C@H](O)[C@H]1O[C@@H](OC)[C@H](N=[N+]=[N-])[C@@H](OCc2ccccc2)[C@@H]1OCc1ccccc1. The van der Waals surface area contributed by atoms with Crippen molar-refractivity contribution in [1.82, 2.24) is 0 Å². The lowest BCUT2D eigenvalue weighted by molar-refractivity contribution is -0.291. The molecular formula is C25H31N3O6. The lowest BCUT2D eigenvalue weighted by atomic mass is 9.93. The van der Waals surface area contributed by atoms with Gasteiger partial charge in [0.05, 0.1) is 26.4 Å². The van der Waals surface area contributed by atoms with Gasteiger partial charge in [-0.3, -0.25) is 0 Å². The summed E-state index contributed by atoms with van der Waals surface area (Å²) in [7, 11) is 1.45. The number of hydrogen-bond donors (Lipinski definition) is 1. The molecule has 0 aromatic heterocycles. The van der Waals surface area contributed by atoms with E-state index in [1.54, 1.807) is 6.08 Å². The first-order valence-electron chi connectivity index (χ1n) is 11.1. The molecule has 3 rings (SSSR count). The van der Waals surface area contributed by atoms with Gasteiger partial charge >= 0.3 is 0 Å². The van der Waals surface area contributed by atoms with Gasteiger partial charge in [0, 0.05) is 12.0 Å². The van der Waals surface area contributed by atoms with Crippen molar-refractivity contribution in [2.24, 2.45) is 5.11 Å². The Kier molecular flexibility index (Phi) is 10.5. The molecule has 0 aliphatic carbocycles. The van der Waals surface area contributed by atoms with E-state index in [1.807, 2.05) is 60.7 Å². The van der Waals surface area contributed by atoms with Crippen LogP contribution >= 0.6 is 0 Å². The molecule has 6 atom stereocenters. The zero-order valence-corrected chi connectivity index (χ0v) is 19.2. The molecule has 34 heavy (non-hydrogen) atoms. The van der Waals surface area contributed by atoms with Gasteiger partial charge in [-0.2, -0.15) is 0 Å². The number of methoxy groups -OCH3 is 1. The van der Waals surface area contributed by atoms with E-state index in [0.717, 1.165) is 11.1 Å². The van der Waals surface area contributed by atoms with Crippen molar-refractivity contribution < 1.29 is 28.8 Å². The molecule has 2 aromatic rings. The summed E-state index contributed by atoms with van der Waals surface area (Å²) in [4.78, 5) is 2.98. The molecular weight excluding hydrogens is 438 g/mol. The third kappa shape index (κ3) is 7.12. The highest BCUT2D eigenvalue weighted by molar-refractivity contribution is 5.15. The largest absolute Gasteiger partial charge is 0.388 e. The van der Waals surface area contributed by atoms with Crippen LogP contribution < -0.4 is 0 Å². The fraction of sp³-hybridized carbons (Fsp3) is 0.440. The molecule has 0 saturated carbocycles. The number of hydrogen-bond acceptors (Lipinski definition) is 7. The molecule has 0 amide bonds. The van der Waals surface area contributed by atoms with Crippen molar-refractivity contribution in [2.75, 3.05) is 20.3 Å². The van der Waals surface area contributed by atoms with Gasteiger partial charge in [-0.15, -0.1) is 6.58 Å². The number of ether oxygens (including phenoxy) is 5. The zero-order valence-electron chi connectivity index (χ0n) is 19.2. The molecule has 1 saturated heterocycles. The first-order chi connectivity index (χ1) is 16.7. The summed E-state index contributed by atoms with van der Waals surface area (Å²) < 4.78 is 29.5. The minimum atomic E-state index is -1.05. The van der Waals surface area contributed by atoms with Crippen molar-refractivity contribution in [1.29, 1.82) is 0 Å². The number of azide groups is 1. The van der Waals surface area contributed by atoms with E-state index in [1.165, 1.54) is 7.11 Å². The maximum atomic E-state index is 10.9. The third-order valence-electron chi connectivity index (χ3n) is 5.45. The lowest BCUT2D eigenvalue weighted by Gasteiger charge is -2.45. The van der Waals surface area contributed by atoms with Crippen LogP contribution in [0.2, 0.25) is 0 Å². The number of aliphatic hydroxyl groups excluding tert-OH is 1. The van der Waals surface area contributed by atoms with E-state index in [-0.39, 0.29) is 26.4 Å². The van der Waals surface area contributed by atoms with Crippen LogP contribution in [0.1, 0.15) is 11.1 Å². The summed E-state index contributed by atoms with van der Waals surface area (Å²) in [5, 5.41) is 14.8. The Labute approximate surface area is 199 Å². The van der Waals surface area contributed by atoms with Gasteiger partial charge in [0.15, 0.2) is 6.29 Å². The van der Waals surface area contributed by atoms with Crippen LogP contribution in [0.25, 0.3) is 10.4 Å². The Morgan fingerprint density at radius 3 is 2.18 bits per heavy atom. The van der Waals surface area contributed by atoms with Gasteiger partial charge in [-0.05, 0) is 16.7 Å². The Hall–Kier alpha value is -2.75. The summed E-state index contributed by atoms with van der Waals surface area (Å²) in [6.07, 6.45) is -2.77. The minimum absolute atomic E-state index is 0.00406. The molecule has 1 heterocycles. The lowest BCUT2D eigenvalue weighted by Crippen LogP contribution is -2.62. The maximum Gasteiger partial charge on any atom is 0.168 e. The quantitative estimate of drug-likeness (QED) is 0.157. The molecule has 1 fully saturated rings. The Morgan fingerprint density at radius 1 is 1.06 bits per heavy atom. The fourth-order valence-electron chi connectivity index (χ4n) is 3.82. The first kappa shape index (κ1) is 25.9. The predicted octanol–water partition coefficient (Wildman–Crippen LogP) is 3.77. The first-order valence-corrected chi connectivity index (χ1v) is 11.1. The number of rotatable bonds is 13. The van der Waals surface area contributed by atoms with E-state index in [9.17, 15) is 10.6 Å². The van der Waals surface area contributed by atoms with Crippen LogP contribution in [0.5, 0.6) is 0 Å². The highest BCUT2D eigenvalue weighted by atomic mass is 16.7. The molecule has 0 radical (unpaired) electrons. The van der Waals surface area contributed by atoms with Crippen molar-refractivity contribution in [3.8, 4) is 0 Å². The molecule has 0 bridgehead atoms. The normalized spacial score (nSPS) is 25.3. The molecule has 9 nitrogen and oxygen atoms in total. The summed E-state index contributed by atoms with van der Waals surface area (Å²) in [5.41, 5.74) is 11.1. The van der Waals surface area contributed by atoms with Crippen molar-refractivity contribution in [2.45, 2.75) is 50.0 Å².